The third kappa shape index (κ3) is 6.13. The zero-order valence-corrected chi connectivity index (χ0v) is 18.9. The van der Waals surface area contributed by atoms with Crippen LogP contribution < -0.4 is 4.18 Å². The summed E-state index contributed by atoms with van der Waals surface area (Å²) >= 11 is 0. The number of hydrogen-bond donors (Lipinski definition) is 0. The summed E-state index contributed by atoms with van der Waals surface area (Å²) in [5, 5.41) is 0. The van der Waals surface area contributed by atoms with Gasteiger partial charge >= 0.3 is 15.6 Å². The Hall–Kier alpha value is -2.42. The van der Waals surface area contributed by atoms with Crippen LogP contribution in [-0.2, 0) is 10.1 Å². The van der Waals surface area contributed by atoms with E-state index < -0.39 is 33.0 Å². The molecular formula is C24H25F5O3S. The molecule has 2 aromatic rings. The zero-order chi connectivity index (χ0) is 24.2. The van der Waals surface area contributed by atoms with Gasteiger partial charge in [0.05, 0.1) is 0 Å². The van der Waals surface area contributed by atoms with E-state index in [2.05, 4.69) is 11.1 Å². The largest absolute Gasteiger partial charge is 0.534 e. The maximum Gasteiger partial charge on any atom is 0.534 e. The lowest BCUT2D eigenvalue weighted by Crippen LogP contribution is -2.28. The van der Waals surface area contributed by atoms with Crippen molar-refractivity contribution in [2.75, 3.05) is 0 Å². The fourth-order valence-electron chi connectivity index (χ4n) is 4.18. The Morgan fingerprint density at radius 1 is 0.879 bits per heavy atom. The molecule has 180 valence electrons. The van der Waals surface area contributed by atoms with Crippen molar-refractivity contribution in [1.82, 2.24) is 0 Å². The second-order valence-corrected chi connectivity index (χ2v) is 9.80. The second-order valence-electron chi connectivity index (χ2n) is 8.26. The van der Waals surface area contributed by atoms with Gasteiger partial charge in [-0.15, -0.1) is 0 Å². The van der Waals surface area contributed by atoms with Crippen molar-refractivity contribution in [2.24, 2.45) is 5.92 Å². The monoisotopic (exact) mass is 488 g/mol. The molecule has 3 nitrogen and oxygen atoms in total. The van der Waals surface area contributed by atoms with Gasteiger partial charge in [0, 0.05) is 11.1 Å². The van der Waals surface area contributed by atoms with Crippen molar-refractivity contribution >= 4 is 21.8 Å². The van der Waals surface area contributed by atoms with Crippen molar-refractivity contribution < 1.29 is 34.6 Å². The smallest absolute Gasteiger partial charge is 0.376 e. The van der Waals surface area contributed by atoms with E-state index in [-0.39, 0.29) is 11.1 Å². The molecule has 0 N–H and O–H groups in total. The van der Waals surface area contributed by atoms with Gasteiger partial charge in [-0.2, -0.15) is 21.6 Å². The molecule has 9 heteroatoms. The highest BCUT2D eigenvalue weighted by atomic mass is 32.2. The average Bonchev–Trinajstić information content (AvgIpc) is 2.78. The predicted molar refractivity (Wildman–Crippen MR) is 117 cm³/mol. The van der Waals surface area contributed by atoms with Crippen LogP contribution in [-0.4, -0.2) is 13.9 Å². The Kier molecular flexibility index (Phi) is 7.82. The van der Waals surface area contributed by atoms with Gasteiger partial charge in [-0.3, -0.25) is 0 Å². The molecule has 0 bridgehead atoms. The summed E-state index contributed by atoms with van der Waals surface area (Å²) in [6, 6.07) is 10.1. The molecule has 0 saturated heterocycles. The van der Waals surface area contributed by atoms with Gasteiger partial charge in [-0.05, 0) is 67.3 Å². The Balaban J connectivity index is 1.70. The molecule has 0 radical (unpaired) electrons. The molecule has 1 aliphatic carbocycles. The number of alkyl halides is 3. The number of hydrogen-bond acceptors (Lipinski definition) is 3. The summed E-state index contributed by atoms with van der Waals surface area (Å²) in [4.78, 5) is 0. The summed E-state index contributed by atoms with van der Waals surface area (Å²) in [5.74, 6) is -1.82. The van der Waals surface area contributed by atoms with Crippen molar-refractivity contribution in [3.05, 3.63) is 65.2 Å². The summed E-state index contributed by atoms with van der Waals surface area (Å²) in [6.45, 7) is 2.19. The number of benzene rings is 2. The maximum absolute atomic E-state index is 14.7. The van der Waals surface area contributed by atoms with Gasteiger partial charge in [0.25, 0.3) is 0 Å². The van der Waals surface area contributed by atoms with Crippen LogP contribution in [0.15, 0.2) is 48.5 Å². The second kappa shape index (κ2) is 10.2. The Labute approximate surface area is 190 Å². The lowest BCUT2D eigenvalue weighted by molar-refractivity contribution is -0.0500. The quantitative estimate of drug-likeness (QED) is 0.173. The molecule has 1 fully saturated rings. The minimum atomic E-state index is -5.84. The predicted octanol–water partition coefficient (Wildman–Crippen LogP) is 7.75. The molecule has 0 aromatic heterocycles. The third-order valence-corrected chi connectivity index (χ3v) is 6.95. The fraction of sp³-hybridized carbons (Fsp3) is 0.417. The van der Waals surface area contributed by atoms with E-state index in [0.29, 0.717) is 5.92 Å². The van der Waals surface area contributed by atoms with Gasteiger partial charge < -0.3 is 4.18 Å². The molecule has 1 saturated carbocycles. The Morgan fingerprint density at radius 2 is 1.36 bits per heavy atom. The van der Waals surface area contributed by atoms with Crippen LogP contribution in [0.3, 0.4) is 0 Å². The first kappa shape index (κ1) is 25.2. The first-order chi connectivity index (χ1) is 15.5. The van der Waals surface area contributed by atoms with E-state index >= 15 is 0 Å². The molecule has 0 heterocycles. The first-order valence-corrected chi connectivity index (χ1v) is 12.2. The van der Waals surface area contributed by atoms with Gasteiger partial charge in [-0.1, -0.05) is 44.0 Å². The van der Waals surface area contributed by atoms with E-state index in [1.807, 2.05) is 0 Å². The normalized spacial score (nSPS) is 20.3. The molecular weight excluding hydrogens is 463 g/mol. The van der Waals surface area contributed by atoms with Crippen LogP contribution in [0.5, 0.6) is 5.75 Å². The van der Waals surface area contributed by atoms with E-state index in [9.17, 15) is 30.4 Å². The highest BCUT2D eigenvalue weighted by molar-refractivity contribution is 7.88. The molecule has 3 rings (SSSR count). The van der Waals surface area contributed by atoms with Crippen LogP contribution in [0.4, 0.5) is 22.0 Å². The SMILES string of the molecule is CCCC1CCC(c2ccc(/C(F)=C(/F)c3ccc(OS(=O)(=O)C(F)(F)F)cc3)cc2)CC1. The van der Waals surface area contributed by atoms with E-state index in [1.165, 1.54) is 37.8 Å². The summed E-state index contributed by atoms with van der Waals surface area (Å²) in [6.07, 6.45) is 6.93. The number of halogens is 5. The zero-order valence-electron chi connectivity index (χ0n) is 18.0. The molecule has 0 atom stereocenters. The van der Waals surface area contributed by atoms with Crippen molar-refractivity contribution in [3.63, 3.8) is 0 Å². The molecule has 0 spiro atoms. The van der Waals surface area contributed by atoms with E-state index in [0.717, 1.165) is 48.6 Å². The van der Waals surface area contributed by atoms with E-state index in [1.54, 1.807) is 12.1 Å². The van der Waals surface area contributed by atoms with Crippen LogP contribution in [0, 0.1) is 5.92 Å². The average molecular weight is 489 g/mol. The lowest BCUT2D eigenvalue weighted by atomic mass is 9.77. The maximum atomic E-state index is 14.7. The van der Waals surface area contributed by atoms with Crippen molar-refractivity contribution in [1.29, 1.82) is 0 Å². The lowest BCUT2D eigenvalue weighted by Gasteiger charge is -2.28. The number of rotatable bonds is 7. The van der Waals surface area contributed by atoms with E-state index in [4.69, 9.17) is 0 Å². The molecule has 0 aliphatic heterocycles. The topological polar surface area (TPSA) is 43.4 Å². The van der Waals surface area contributed by atoms with Gasteiger partial charge in [-0.25, -0.2) is 8.78 Å². The highest BCUT2D eigenvalue weighted by Crippen LogP contribution is 2.38. The van der Waals surface area contributed by atoms with Crippen LogP contribution in [0.2, 0.25) is 0 Å². The first-order valence-electron chi connectivity index (χ1n) is 10.8. The van der Waals surface area contributed by atoms with Crippen LogP contribution in [0.25, 0.3) is 11.7 Å². The summed E-state index contributed by atoms with van der Waals surface area (Å²) in [5.41, 5.74) is -4.73. The van der Waals surface area contributed by atoms with Crippen LogP contribution in [0.1, 0.15) is 68.1 Å². The third-order valence-electron chi connectivity index (χ3n) is 5.97. The molecule has 0 amide bonds. The fourth-order valence-corrected chi connectivity index (χ4v) is 4.64. The minimum absolute atomic E-state index is 0.0379. The van der Waals surface area contributed by atoms with Crippen LogP contribution >= 0.6 is 0 Å². The van der Waals surface area contributed by atoms with Crippen molar-refractivity contribution in [3.8, 4) is 5.75 Å². The standard InChI is InChI=1S/C24H25F5O3S/c1-2-3-16-4-6-17(7-5-16)18-8-10-19(11-9-18)22(25)23(26)20-12-14-21(15-13-20)32-33(30,31)24(27,28)29/h8-17H,2-7H2,1H3/b23-22-. The summed E-state index contributed by atoms with van der Waals surface area (Å²) in [7, 11) is -5.84. The highest BCUT2D eigenvalue weighted by Gasteiger charge is 2.48. The Morgan fingerprint density at radius 3 is 1.82 bits per heavy atom. The van der Waals surface area contributed by atoms with Crippen molar-refractivity contribution in [2.45, 2.75) is 56.9 Å². The molecule has 0 unspecified atom stereocenters. The Bertz CT molecular complexity index is 1070. The summed E-state index contributed by atoms with van der Waals surface area (Å²) < 4.78 is 92.5. The van der Waals surface area contributed by atoms with Gasteiger partial charge in [0.1, 0.15) is 5.75 Å². The van der Waals surface area contributed by atoms with Gasteiger partial charge in [0.15, 0.2) is 11.7 Å². The molecule has 1 aliphatic rings. The van der Waals surface area contributed by atoms with Gasteiger partial charge in [0.2, 0.25) is 0 Å². The minimum Gasteiger partial charge on any atom is -0.376 e. The molecule has 33 heavy (non-hydrogen) atoms. The molecule has 2 aromatic carbocycles.